The van der Waals surface area contributed by atoms with Crippen molar-refractivity contribution in [3.63, 3.8) is 0 Å². The van der Waals surface area contributed by atoms with E-state index in [9.17, 15) is 15.0 Å². The SMILES string of the molecule is C[C@@H]1C[C@H](O)[C@@]2(C)C(C(=O)O)=CCCC2[C@@]1(C)CCc1ccoc1. The normalized spacial score (nSPS) is 39.2. The largest absolute Gasteiger partial charge is 0.478 e. The Morgan fingerprint density at radius 2 is 2.17 bits per heavy atom. The fraction of sp³-hybridized carbons (Fsp3) is 0.650. The Morgan fingerprint density at radius 3 is 2.79 bits per heavy atom. The Morgan fingerprint density at radius 1 is 1.42 bits per heavy atom. The molecule has 0 radical (unpaired) electrons. The standard InChI is InChI=1S/C20H28O4/c1-13-11-17(21)20(3)15(18(22)23)5-4-6-16(20)19(13,2)9-7-14-8-10-24-12-14/h5,8,10,12-13,16-17,21H,4,6-7,9,11H2,1-3H3,(H,22,23)/t13-,16?,17+,19+,20+/m1/s1. The number of hydrogen-bond donors (Lipinski definition) is 2. The zero-order valence-corrected chi connectivity index (χ0v) is 14.8. The Hall–Kier alpha value is -1.55. The molecule has 0 spiro atoms. The molecule has 0 aromatic carbocycles. The number of carbonyl (C=O) groups is 1. The van der Waals surface area contributed by atoms with Crippen LogP contribution in [0.15, 0.2) is 34.7 Å². The maximum absolute atomic E-state index is 11.8. The molecule has 1 fully saturated rings. The number of furan rings is 1. The van der Waals surface area contributed by atoms with Crippen LogP contribution in [0.1, 0.15) is 52.0 Å². The van der Waals surface area contributed by atoms with Crippen LogP contribution in [0.25, 0.3) is 0 Å². The van der Waals surface area contributed by atoms with E-state index in [1.165, 1.54) is 5.56 Å². The first-order valence-corrected chi connectivity index (χ1v) is 8.93. The van der Waals surface area contributed by atoms with Gasteiger partial charge in [0, 0.05) is 11.0 Å². The second-order valence-corrected chi connectivity index (χ2v) is 8.13. The number of rotatable bonds is 4. The van der Waals surface area contributed by atoms with Crippen molar-refractivity contribution in [3.8, 4) is 0 Å². The van der Waals surface area contributed by atoms with Crippen molar-refractivity contribution < 1.29 is 19.4 Å². The van der Waals surface area contributed by atoms with Crippen molar-refractivity contribution >= 4 is 5.97 Å². The van der Waals surface area contributed by atoms with E-state index in [0.29, 0.717) is 17.9 Å². The predicted molar refractivity (Wildman–Crippen MR) is 91.5 cm³/mol. The van der Waals surface area contributed by atoms with Gasteiger partial charge in [-0.05, 0) is 61.0 Å². The van der Waals surface area contributed by atoms with Crippen molar-refractivity contribution in [2.45, 2.75) is 59.0 Å². The first-order valence-electron chi connectivity index (χ1n) is 8.93. The summed E-state index contributed by atoms with van der Waals surface area (Å²) in [5.74, 6) is -0.356. The molecular formula is C20H28O4. The van der Waals surface area contributed by atoms with E-state index < -0.39 is 17.5 Å². The van der Waals surface area contributed by atoms with Gasteiger partial charge in [-0.2, -0.15) is 0 Å². The fourth-order valence-electron chi connectivity index (χ4n) is 5.31. The Bertz CT molecular complexity index is 632. The zero-order valence-electron chi connectivity index (χ0n) is 14.8. The highest BCUT2D eigenvalue weighted by Gasteiger charge is 2.59. The summed E-state index contributed by atoms with van der Waals surface area (Å²) in [7, 11) is 0. The van der Waals surface area contributed by atoms with Crippen LogP contribution in [0, 0.1) is 22.7 Å². The molecule has 0 bridgehead atoms. The zero-order chi connectivity index (χ0) is 17.5. The second kappa shape index (κ2) is 6.07. The molecule has 1 aromatic rings. The minimum absolute atomic E-state index is 0.000208. The number of aliphatic hydroxyl groups excluding tert-OH is 1. The molecule has 4 nitrogen and oxygen atoms in total. The van der Waals surface area contributed by atoms with Gasteiger partial charge >= 0.3 is 5.97 Å². The molecule has 0 aliphatic heterocycles. The molecule has 3 rings (SSSR count). The molecule has 1 saturated carbocycles. The highest BCUT2D eigenvalue weighted by atomic mass is 16.4. The third-order valence-electron chi connectivity index (χ3n) is 7.06. The van der Waals surface area contributed by atoms with E-state index in [4.69, 9.17) is 4.42 Å². The van der Waals surface area contributed by atoms with Gasteiger partial charge in [-0.1, -0.05) is 26.8 Å². The smallest absolute Gasteiger partial charge is 0.331 e. The van der Waals surface area contributed by atoms with Crippen LogP contribution in [0.5, 0.6) is 0 Å². The molecule has 1 aromatic heterocycles. The molecule has 5 atom stereocenters. The fourth-order valence-corrected chi connectivity index (χ4v) is 5.31. The van der Waals surface area contributed by atoms with Gasteiger partial charge in [0.1, 0.15) is 0 Å². The topological polar surface area (TPSA) is 70.7 Å². The van der Waals surface area contributed by atoms with Gasteiger partial charge in [0.25, 0.3) is 0 Å². The van der Waals surface area contributed by atoms with Crippen LogP contribution in [0.3, 0.4) is 0 Å². The first kappa shape index (κ1) is 17.3. The number of allylic oxidation sites excluding steroid dienone is 1. The summed E-state index contributed by atoms with van der Waals surface area (Å²) in [6.45, 7) is 6.46. The van der Waals surface area contributed by atoms with Crippen molar-refractivity contribution in [1.82, 2.24) is 0 Å². The highest BCUT2D eigenvalue weighted by Crippen LogP contribution is 2.61. The molecule has 1 unspecified atom stereocenters. The summed E-state index contributed by atoms with van der Waals surface area (Å²) in [5.41, 5.74) is 0.927. The van der Waals surface area contributed by atoms with E-state index in [0.717, 1.165) is 25.7 Å². The van der Waals surface area contributed by atoms with Crippen LogP contribution < -0.4 is 0 Å². The molecule has 2 aliphatic carbocycles. The predicted octanol–water partition coefficient (Wildman–Crippen LogP) is 4.05. The summed E-state index contributed by atoms with van der Waals surface area (Å²) < 4.78 is 5.18. The van der Waals surface area contributed by atoms with Crippen molar-refractivity contribution in [1.29, 1.82) is 0 Å². The average Bonchev–Trinajstić information content (AvgIpc) is 3.04. The number of hydrogen-bond acceptors (Lipinski definition) is 3. The van der Waals surface area contributed by atoms with Gasteiger partial charge in [-0.25, -0.2) is 4.79 Å². The van der Waals surface area contributed by atoms with Gasteiger partial charge in [0.05, 0.1) is 18.6 Å². The molecule has 4 heteroatoms. The van der Waals surface area contributed by atoms with Gasteiger partial charge in [0.15, 0.2) is 0 Å². The molecule has 24 heavy (non-hydrogen) atoms. The summed E-state index contributed by atoms with van der Waals surface area (Å²) in [6, 6.07) is 1.99. The van der Waals surface area contributed by atoms with Crippen LogP contribution in [-0.2, 0) is 11.2 Å². The summed E-state index contributed by atoms with van der Waals surface area (Å²) in [6.07, 6.45) is 8.99. The van der Waals surface area contributed by atoms with Crippen molar-refractivity contribution in [3.05, 3.63) is 35.8 Å². The lowest BCUT2D eigenvalue weighted by molar-refractivity contribution is -0.148. The lowest BCUT2D eigenvalue weighted by Crippen LogP contribution is -2.57. The van der Waals surface area contributed by atoms with E-state index in [1.807, 2.05) is 19.1 Å². The minimum Gasteiger partial charge on any atom is -0.478 e. The van der Waals surface area contributed by atoms with Crippen molar-refractivity contribution in [2.75, 3.05) is 0 Å². The van der Waals surface area contributed by atoms with E-state index in [2.05, 4.69) is 13.8 Å². The lowest BCUT2D eigenvalue weighted by Gasteiger charge is -2.59. The number of carboxylic acid groups (broad SMARTS) is 1. The third-order valence-corrected chi connectivity index (χ3v) is 7.06. The maximum atomic E-state index is 11.8. The first-order chi connectivity index (χ1) is 11.3. The number of aliphatic carboxylic acids is 1. The van der Waals surface area contributed by atoms with Gasteiger partial charge in [-0.3, -0.25) is 0 Å². The van der Waals surface area contributed by atoms with Gasteiger partial charge < -0.3 is 14.6 Å². The Labute approximate surface area is 143 Å². The minimum atomic E-state index is -0.881. The van der Waals surface area contributed by atoms with E-state index in [-0.39, 0.29) is 11.3 Å². The van der Waals surface area contributed by atoms with E-state index in [1.54, 1.807) is 12.5 Å². The maximum Gasteiger partial charge on any atom is 0.331 e. The number of aryl methyl sites for hydroxylation is 1. The van der Waals surface area contributed by atoms with Crippen LogP contribution >= 0.6 is 0 Å². The molecule has 1 heterocycles. The summed E-state index contributed by atoms with van der Waals surface area (Å²) in [4.78, 5) is 11.8. The Kier molecular flexibility index (Phi) is 4.37. The quantitative estimate of drug-likeness (QED) is 0.873. The van der Waals surface area contributed by atoms with Crippen molar-refractivity contribution in [2.24, 2.45) is 22.7 Å². The number of aliphatic hydroxyl groups is 1. The van der Waals surface area contributed by atoms with Crippen LogP contribution in [0.2, 0.25) is 0 Å². The molecule has 0 amide bonds. The van der Waals surface area contributed by atoms with Gasteiger partial charge in [-0.15, -0.1) is 0 Å². The second-order valence-electron chi connectivity index (χ2n) is 8.13. The summed E-state index contributed by atoms with van der Waals surface area (Å²) in [5, 5.41) is 20.5. The van der Waals surface area contributed by atoms with E-state index >= 15 is 0 Å². The average molecular weight is 332 g/mol. The monoisotopic (exact) mass is 332 g/mol. The van der Waals surface area contributed by atoms with Gasteiger partial charge in [0.2, 0.25) is 0 Å². The molecule has 132 valence electrons. The van der Waals surface area contributed by atoms with Crippen LogP contribution in [0.4, 0.5) is 0 Å². The summed E-state index contributed by atoms with van der Waals surface area (Å²) >= 11 is 0. The molecule has 2 aliphatic rings. The lowest BCUT2D eigenvalue weighted by atomic mass is 9.45. The molecule has 0 saturated heterocycles. The molecular weight excluding hydrogens is 304 g/mol. The highest BCUT2D eigenvalue weighted by molar-refractivity contribution is 5.88. The third kappa shape index (κ3) is 2.52. The molecule has 2 N–H and O–H groups in total. The van der Waals surface area contributed by atoms with Crippen LogP contribution in [-0.4, -0.2) is 22.3 Å². The Balaban J connectivity index is 1.94. The number of carboxylic acids is 1. The number of fused-ring (bicyclic) bond motifs is 1.